The van der Waals surface area contributed by atoms with Crippen molar-refractivity contribution >= 4 is 11.6 Å². The predicted octanol–water partition coefficient (Wildman–Crippen LogP) is 3.20. The van der Waals surface area contributed by atoms with Gasteiger partial charge in [0.2, 0.25) is 0 Å². The molecule has 0 saturated carbocycles. The number of hydrogen-bond donors (Lipinski definition) is 1. The van der Waals surface area contributed by atoms with Gasteiger partial charge in [-0.2, -0.15) is 0 Å². The van der Waals surface area contributed by atoms with E-state index in [1.165, 1.54) is 5.56 Å². The van der Waals surface area contributed by atoms with Gasteiger partial charge in [-0.3, -0.25) is 0 Å². The number of rotatable bonds is 5. The first-order chi connectivity index (χ1) is 8.66. The number of aryl methyl sites for hydroxylation is 1. The molecule has 1 N–H and O–H groups in total. The van der Waals surface area contributed by atoms with Crippen LogP contribution in [0.15, 0.2) is 36.7 Å². The molecule has 1 heterocycles. The maximum absolute atomic E-state index is 5.87. The number of benzene rings is 1. The van der Waals surface area contributed by atoms with Gasteiger partial charge in [0, 0.05) is 36.5 Å². The summed E-state index contributed by atoms with van der Waals surface area (Å²) in [5, 5.41) is 4.27. The van der Waals surface area contributed by atoms with Gasteiger partial charge >= 0.3 is 0 Å². The summed E-state index contributed by atoms with van der Waals surface area (Å²) in [7, 11) is 0. The third-order valence-electron chi connectivity index (χ3n) is 3.10. The monoisotopic (exact) mass is 263 g/mol. The zero-order valence-corrected chi connectivity index (χ0v) is 11.5. The van der Waals surface area contributed by atoms with Crippen LogP contribution in [0.2, 0.25) is 5.02 Å². The summed E-state index contributed by atoms with van der Waals surface area (Å²) in [4.78, 5) is 4.20. The lowest BCUT2D eigenvalue weighted by Gasteiger charge is -2.15. The Labute approximate surface area is 113 Å². The summed E-state index contributed by atoms with van der Waals surface area (Å²) >= 11 is 5.87. The van der Waals surface area contributed by atoms with Crippen molar-refractivity contribution in [3.8, 4) is 0 Å². The number of nitrogens with one attached hydrogen (secondary N) is 1. The molecule has 1 unspecified atom stereocenters. The predicted molar refractivity (Wildman–Crippen MR) is 74.8 cm³/mol. The first-order valence-electron chi connectivity index (χ1n) is 6.13. The van der Waals surface area contributed by atoms with Gasteiger partial charge in [-0.1, -0.05) is 23.7 Å². The Hall–Kier alpha value is -1.32. The Balaban J connectivity index is 1.83. The lowest BCUT2D eigenvalue weighted by Crippen LogP contribution is -2.23. The highest BCUT2D eigenvalue weighted by molar-refractivity contribution is 6.30. The van der Waals surface area contributed by atoms with Crippen LogP contribution in [0.3, 0.4) is 0 Å². The average molecular weight is 264 g/mol. The lowest BCUT2D eigenvalue weighted by molar-refractivity contribution is 0.526. The van der Waals surface area contributed by atoms with Crippen molar-refractivity contribution in [3.63, 3.8) is 0 Å². The molecule has 1 aromatic carbocycles. The average Bonchev–Trinajstić information content (AvgIpc) is 2.76. The van der Waals surface area contributed by atoms with Crippen LogP contribution in [-0.2, 0) is 6.54 Å². The van der Waals surface area contributed by atoms with Crippen LogP contribution < -0.4 is 5.32 Å². The standard InChI is InChI=1S/C14H18ClN3/c1-11(13-3-5-14(15)6-4-13)16-7-9-18-10-8-17-12(18)2/h3-6,8,10-11,16H,7,9H2,1-2H3. The van der Waals surface area contributed by atoms with Crippen molar-refractivity contribution < 1.29 is 0 Å². The molecular weight excluding hydrogens is 246 g/mol. The largest absolute Gasteiger partial charge is 0.334 e. The molecule has 0 bridgehead atoms. The minimum Gasteiger partial charge on any atom is -0.334 e. The van der Waals surface area contributed by atoms with Crippen LogP contribution in [0.25, 0.3) is 0 Å². The number of hydrogen-bond acceptors (Lipinski definition) is 2. The Morgan fingerprint density at radius 2 is 2.06 bits per heavy atom. The van der Waals surface area contributed by atoms with Gasteiger partial charge in [0.15, 0.2) is 0 Å². The Bertz CT molecular complexity index is 490. The molecule has 0 fully saturated rings. The second kappa shape index (κ2) is 6.03. The maximum atomic E-state index is 5.87. The quantitative estimate of drug-likeness (QED) is 0.898. The SMILES string of the molecule is Cc1nccn1CCNC(C)c1ccc(Cl)cc1. The van der Waals surface area contributed by atoms with Crippen molar-refractivity contribution in [1.82, 2.24) is 14.9 Å². The molecule has 2 aromatic rings. The van der Waals surface area contributed by atoms with Gasteiger partial charge in [0.1, 0.15) is 5.82 Å². The first-order valence-corrected chi connectivity index (χ1v) is 6.51. The smallest absolute Gasteiger partial charge is 0.105 e. The van der Waals surface area contributed by atoms with Crippen LogP contribution in [0.1, 0.15) is 24.4 Å². The Kier molecular flexibility index (Phi) is 4.39. The molecule has 0 aliphatic carbocycles. The third kappa shape index (κ3) is 3.34. The third-order valence-corrected chi connectivity index (χ3v) is 3.35. The number of halogens is 1. The maximum Gasteiger partial charge on any atom is 0.105 e. The molecule has 18 heavy (non-hydrogen) atoms. The lowest BCUT2D eigenvalue weighted by atomic mass is 10.1. The summed E-state index contributed by atoms with van der Waals surface area (Å²) in [5.74, 6) is 1.05. The molecule has 0 radical (unpaired) electrons. The van der Waals surface area contributed by atoms with E-state index in [-0.39, 0.29) is 0 Å². The van der Waals surface area contributed by atoms with E-state index < -0.39 is 0 Å². The van der Waals surface area contributed by atoms with E-state index in [4.69, 9.17) is 11.6 Å². The fourth-order valence-corrected chi connectivity index (χ4v) is 2.04. The number of imidazole rings is 1. The molecule has 0 aliphatic rings. The second-order valence-corrected chi connectivity index (χ2v) is 4.83. The normalized spacial score (nSPS) is 12.6. The fraction of sp³-hybridized carbons (Fsp3) is 0.357. The van der Waals surface area contributed by atoms with E-state index in [0.717, 1.165) is 23.9 Å². The summed E-state index contributed by atoms with van der Waals surface area (Å²) in [6.45, 7) is 6.03. The Morgan fingerprint density at radius 1 is 1.33 bits per heavy atom. The summed E-state index contributed by atoms with van der Waals surface area (Å²) < 4.78 is 2.14. The second-order valence-electron chi connectivity index (χ2n) is 4.40. The van der Waals surface area contributed by atoms with Gasteiger partial charge in [0.25, 0.3) is 0 Å². The molecule has 0 saturated heterocycles. The van der Waals surface area contributed by atoms with E-state index in [1.807, 2.05) is 31.5 Å². The fourth-order valence-electron chi connectivity index (χ4n) is 1.91. The van der Waals surface area contributed by atoms with E-state index in [1.54, 1.807) is 0 Å². The molecule has 4 heteroatoms. The number of nitrogens with zero attached hydrogens (tertiary/aromatic N) is 2. The van der Waals surface area contributed by atoms with Crippen LogP contribution in [0.5, 0.6) is 0 Å². The zero-order chi connectivity index (χ0) is 13.0. The van der Waals surface area contributed by atoms with Gasteiger partial charge in [0.05, 0.1) is 0 Å². The van der Waals surface area contributed by atoms with Crippen LogP contribution in [0, 0.1) is 6.92 Å². The highest BCUT2D eigenvalue weighted by atomic mass is 35.5. The van der Waals surface area contributed by atoms with Crippen molar-refractivity contribution in [2.24, 2.45) is 0 Å². The van der Waals surface area contributed by atoms with Crippen molar-refractivity contribution in [2.45, 2.75) is 26.4 Å². The number of aromatic nitrogens is 2. The summed E-state index contributed by atoms with van der Waals surface area (Å²) in [5.41, 5.74) is 1.25. The molecule has 2 rings (SSSR count). The highest BCUT2D eigenvalue weighted by Crippen LogP contribution is 2.15. The molecular formula is C14H18ClN3. The van der Waals surface area contributed by atoms with Crippen LogP contribution in [0.4, 0.5) is 0 Å². The van der Waals surface area contributed by atoms with Crippen molar-refractivity contribution in [3.05, 3.63) is 53.1 Å². The molecule has 0 spiro atoms. The summed E-state index contributed by atoms with van der Waals surface area (Å²) in [6.07, 6.45) is 3.84. The molecule has 1 aromatic heterocycles. The molecule has 0 amide bonds. The van der Waals surface area contributed by atoms with E-state index in [2.05, 4.69) is 33.9 Å². The van der Waals surface area contributed by atoms with E-state index >= 15 is 0 Å². The van der Waals surface area contributed by atoms with E-state index in [0.29, 0.717) is 6.04 Å². The van der Waals surface area contributed by atoms with Crippen LogP contribution >= 0.6 is 11.6 Å². The highest BCUT2D eigenvalue weighted by Gasteiger charge is 2.04. The van der Waals surface area contributed by atoms with Gasteiger partial charge < -0.3 is 9.88 Å². The van der Waals surface area contributed by atoms with Crippen LogP contribution in [-0.4, -0.2) is 16.1 Å². The molecule has 0 aliphatic heterocycles. The molecule has 1 atom stereocenters. The zero-order valence-electron chi connectivity index (χ0n) is 10.7. The molecule has 3 nitrogen and oxygen atoms in total. The van der Waals surface area contributed by atoms with Crippen molar-refractivity contribution in [2.75, 3.05) is 6.54 Å². The van der Waals surface area contributed by atoms with Crippen molar-refractivity contribution in [1.29, 1.82) is 0 Å². The van der Waals surface area contributed by atoms with Gasteiger partial charge in [-0.05, 0) is 31.5 Å². The summed E-state index contributed by atoms with van der Waals surface area (Å²) in [6, 6.07) is 8.29. The van der Waals surface area contributed by atoms with E-state index in [9.17, 15) is 0 Å². The topological polar surface area (TPSA) is 29.9 Å². The molecule has 96 valence electrons. The minimum absolute atomic E-state index is 0.325. The van der Waals surface area contributed by atoms with Gasteiger partial charge in [-0.25, -0.2) is 4.98 Å². The Morgan fingerprint density at radius 3 is 2.67 bits per heavy atom. The minimum atomic E-state index is 0.325. The first kappa shape index (κ1) is 13.1. The van der Waals surface area contributed by atoms with Gasteiger partial charge in [-0.15, -0.1) is 0 Å².